The van der Waals surface area contributed by atoms with Crippen molar-refractivity contribution in [1.82, 2.24) is 5.32 Å². The van der Waals surface area contributed by atoms with E-state index in [4.69, 9.17) is 5.11 Å². The monoisotopic (exact) mass is 243 g/mol. The van der Waals surface area contributed by atoms with Crippen LogP contribution in [0.4, 0.5) is 0 Å². The topological polar surface area (TPSA) is 66.4 Å². The molecule has 1 rings (SSSR count). The van der Waals surface area contributed by atoms with Gasteiger partial charge in [0.15, 0.2) is 0 Å². The fraction of sp³-hybridized carbons (Fsp3) is 0.636. The highest BCUT2D eigenvalue weighted by molar-refractivity contribution is 7.99. The summed E-state index contributed by atoms with van der Waals surface area (Å²) in [5.74, 6) is -1.41. The van der Waals surface area contributed by atoms with Crippen molar-refractivity contribution in [2.75, 3.05) is 6.26 Å². The van der Waals surface area contributed by atoms with Crippen LogP contribution in [-0.2, 0) is 9.59 Å². The van der Waals surface area contributed by atoms with Crippen molar-refractivity contribution in [2.24, 2.45) is 0 Å². The van der Waals surface area contributed by atoms with Gasteiger partial charge in [0.25, 0.3) is 0 Å². The average molecular weight is 243 g/mol. The van der Waals surface area contributed by atoms with Crippen molar-refractivity contribution >= 4 is 23.6 Å². The van der Waals surface area contributed by atoms with E-state index in [2.05, 4.69) is 5.32 Å². The molecule has 0 aromatic heterocycles. The first-order chi connectivity index (χ1) is 7.63. The molecule has 4 nitrogen and oxygen atoms in total. The molecule has 2 N–H and O–H groups in total. The van der Waals surface area contributed by atoms with E-state index < -0.39 is 5.97 Å². The van der Waals surface area contributed by atoms with Gasteiger partial charge in [-0.1, -0.05) is 12.8 Å². The van der Waals surface area contributed by atoms with Crippen molar-refractivity contribution in [3.8, 4) is 0 Å². The number of hydrogen-bond acceptors (Lipinski definition) is 3. The van der Waals surface area contributed by atoms with E-state index in [1.54, 1.807) is 11.8 Å². The first kappa shape index (κ1) is 13.1. The number of carboxylic acids is 1. The molecule has 0 radical (unpaired) electrons. The van der Waals surface area contributed by atoms with Gasteiger partial charge >= 0.3 is 5.97 Å². The van der Waals surface area contributed by atoms with Gasteiger partial charge in [0, 0.05) is 23.4 Å². The SMILES string of the molecule is CSC1CCCCC1NC(=O)/C=C/C(=O)O. The normalized spacial score (nSPS) is 25.6. The van der Waals surface area contributed by atoms with Crippen LogP contribution in [0, 0.1) is 0 Å². The Morgan fingerprint density at radius 1 is 1.31 bits per heavy atom. The van der Waals surface area contributed by atoms with E-state index in [0.717, 1.165) is 31.4 Å². The third-order valence-electron chi connectivity index (χ3n) is 2.71. The van der Waals surface area contributed by atoms with E-state index in [1.165, 1.54) is 6.42 Å². The molecule has 1 amide bonds. The van der Waals surface area contributed by atoms with Gasteiger partial charge in [0.2, 0.25) is 5.91 Å². The lowest BCUT2D eigenvalue weighted by molar-refractivity contribution is -0.131. The third kappa shape index (κ3) is 4.26. The van der Waals surface area contributed by atoms with Crippen molar-refractivity contribution < 1.29 is 14.7 Å². The summed E-state index contributed by atoms with van der Waals surface area (Å²) in [6.07, 6.45) is 8.43. The second-order valence-corrected chi connectivity index (χ2v) is 4.92. The second-order valence-electron chi connectivity index (χ2n) is 3.85. The van der Waals surface area contributed by atoms with Crippen LogP contribution in [0.25, 0.3) is 0 Å². The Hall–Kier alpha value is -0.970. The Morgan fingerprint density at radius 3 is 2.62 bits per heavy atom. The molecule has 0 aromatic rings. The molecular formula is C11H17NO3S. The summed E-state index contributed by atoms with van der Waals surface area (Å²) in [6, 6.07) is 0.176. The van der Waals surface area contributed by atoms with Crippen LogP contribution in [-0.4, -0.2) is 34.5 Å². The molecule has 0 aromatic carbocycles. The molecule has 90 valence electrons. The van der Waals surface area contributed by atoms with Crippen LogP contribution in [0.1, 0.15) is 25.7 Å². The molecule has 0 bridgehead atoms. The van der Waals surface area contributed by atoms with Crippen LogP contribution >= 0.6 is 11.8 Å². The summed E-state index contributed by atoms with van der Waals surface area (Å²) in [6.45, 7) is 0. The van der Waals surface area contributed by atoms with Gasteiger partial charge in [-0.05, 0) is 19.1 Å². The minimum Gasteiger partial charge on any atom is -0.478 e. The van der Waals surface area contributed by atoms with Crippen LogP contribution in [0.2, 0.25) is 0 Å². The number of aliphatic carboxylic acids is 1. The summed E-state index contributed by atoms with van der Waals surface area (Å²) in [4.78, 5) is 21.7. The molecule has 0 saturated heterocycles. The van der Waals surface area contributed by atoms with Gasteiger partial charge in [0.1, 0.15) is 0 Å². The molecule has 1 fully saturated rings. The van der Waals surface area contributed by atoms with Crippen LogP contribution in [0.5, 0.6) is 0 Å². The zero-order chi connectivity index (χ0) is 12.0. The number of carboxylic acid groups (broad SMARTS) is 1. The maximum absolute atomic E-state index is 11.4. The molecule has 5 heteroatoms. The minimum atomic E-state index is -1.10. The molecule has 16 heavy (non-hydrogen) atoms. The van der Waals surface area contributed by atoms with Crippen LogP contribution in [0.3, 0.4) is 0 Å². The predicted molar refractivity (Wildman–Crippen MR) is 64.5 cm³/mol. The molecular weight excluding hydrogens is 226 g/mol. The van der Waals surface area contributed by atoms with Gasteiger partial charge < -0.3 is 10.4 Å². The van der Waals surface area contributed by atoms with Gasteiger partial charge in [0.05, 0.1) is 0 Å². The molecule has 1 aliphatic rings. The Labute approximate surface area is 99.5 Å². The number of nitrogens with one attached hydrogen (secondary N) is 1. The first-order valence-electron chi connectivity index (χ1n) is 5.37. The molecule has 2 atom stereocenters. The number of carbonyl (C=O) groups is 2. The summed E-state index contributed by atoms with van der Waals surface area (Å²) < 4.78 is 0. The molecule has 1 aliphatic carbocycles. The summed E-state index contributed by atoms with van der Waals surface area (Å²) in [5, 5.41) is 11.7. The van der Waals surface area contributed by atoms with E-state index in [0.29, 0.717) is 5.25 Å². The van der Waals surface area contributed by atoms with Crippen LogP contribution in [0.15, 0.2) is 12.2 Å². The standard InChI is InChI=1S/C11H17NO3S/c1-16-9-5-3-2-4-8(9)12-10(13)6-7-11(14)15/h6-9H,2-5H2,1H3,(H,12,13)(H,14,15)/b7-6+. The molecule has 2 unspecified atom stereocenters. The second kappa shape index (κ2) is 6.58. The smallest absolute Gasteiger partial charge is 0.328 e. The summed E-state index contributed by atoms with van der Waals surface area (Å²) >= 11 is 1.77. The fourth-order valence-electron chi connectivity index (χ4n) is 1.92. The van der Waals surface area contributed by atoms with Gasteiger partial charge in [-0.25, -0.2) is 4.79 Å². The highest BCUT2D eigenvalue weighted by Crippen LogP contribution is 2.26. The highest BCUT2D eigenvalue weighted by Gasteiger charge is 2.24. The summed E-state index contributed by atoms with van der Waals surface area (Å²) in [5.41, 5.74) is 0. The van der Waals surface area contributed by atoms with E-state index in [1.807, 2.05) is 6.26 Å². The Kier molecular flexibility index (Phi) is 5.38. The quantitative estimate of drug-likeness (QED) is 0.733. The Morgan fingerprint density at radius 2 is 2.00 bits per heavy atom. The third-order valence-corrected chi connectivity index (χ3v) is 3.88. The van der Waals surface area contributed by atoms with Gasteiger partial charge in [-0.2, -0.15) is 11.8 Å². The van der Waals surface area contributed by atoms with Crippen molar-refractivity contribution in [1.29, 1.82) is 0 Å². The van der Waals surface area contributed by atoms with Gasteiger partial charge in [-0.3, -0.25) is 4.79 Å². The zero-order valence-electron chi connectivity index (χ0n) is 9.31. The lowest BCUT2D eigenvalue weighted by Gasteiger charge is -2.30. The van der Waals surface area contributed by atoms with Gasteiger partial charge in [-0.15, -0.1) is 0 Å². The number of carbonyl (C=O) groups excluding carboxylic acids is 1. The van der Waals surface area contributed by atoms with Crippen molar-refractivity contribution in [3.63, 3.8) is 0 Å². The van der Waals surface area contributed by atoms with Crippen molar-refractivity contribution in [2.45, 2.75) is 37.0 Å². The maximum atomic E-state index is 11.4. The number of thioether (sulfide) groups is 1. The zero-order valence-corrected chi connectivity index (χ0v) is 10.1. The van der Waals surface area contributed by atoms with Crippen LogP contribution < -0.4 is 5.32 Å². The molecule has 0 heterocycles. The largest absolute Gasteiger partial charge is 0.478 e. The van der Waals surface area contributed by atoms with Crippen molar-refractivity contribution in [3.05, 3.63) is 12.2 Å². The Balaban J connectivity index is 2.45. The Bertz CT molecular complexity index is 291. The minimum absolute atomic E-state index is 0.176. The first-order valence-corrected chi connectivity index (χ1v) is 6.66. The average Bonchev–Trinajstić information content (AvgIpc) is 2.27. The molecule has 1 saturated carbocycles. The number of rotatable bonds is 4. The lowest BCUT2D eigenvalue weighted by Crippen LogP contribution is -2.43. The molecule has 0 spiro atoms. The maximum Gasteiger partial charge on any atom is 0.328 e. The fourth-order valence-corrected chi connectivity index (χ4v) is 2.86. The van der Waals surface area contributed by atoms with E-state index in [-0.39, 0.29) is 11.9 Å². The van der Waals surface area contributed by atoms with E-state index in [9.17, 15) is 9.59 Å². The lowest BCUT2D eigenvalue weighted by atomic mass is 9.95. The number of amides is 1. The summed E-state index contributed by atoms with van der Waals surface area (Å²) in [7, 11) is 0. The molecule has 0 aliphatic heterocycles. The highest BCUT2D eigenvalue weighted by atomic mass is 32.2. The number of hydrogen-bond donors (Lipinski definition) is 2. The predicted octanol–water partition coefficient (Wildman–Crippen LogP) is 1.42. The van der Waals surface area contributed by atoms with E-state index >= 15 is 0 Å².